The van der Waals surface area contributed by atoms with Gasteiger partial charge in [0, 0.05) is 21.5 Å². The number of aromatic amines is 1. The number of methoxy groups -OCH3 is 1. The molecule has 1 atom stereocenters. The molecule has 5 nitrogen and oxygen atoms in total. The van der Waals surface area contributed by atoms with Crippen molar-refractivity contribution in [3.63, 3.8) is 0 Å². The standard InChI is InChI=1S/C20H21N3O2S/c1-20(2,3)23-18(14-6-5-11-26-14)15-16(21-22-17(15)19(23)24)12-7-9-13(25-4)10-8-12/h5-11,18H,1-4H3,(H,21,22). The fraction of sp³-hybridized carbons (Fsp3) is 0.300. The van der Waals surface area contributed by atoms with Gasteiger partial charge in [0.1, 0.15) is 11.4 Å². The van der Waals surface area contributed by atoms with Crippen LogP contribution in [-0.2, 0) is 0 Å². The maximum absolute atomic E-state index is 13.1. The summed E-state index contributed by atoms with van der Waals surface area (Å²) in [4.78, 5) is 16.2. The molecule has 0 radical (unpaired) electrons. The molecule has 2 aromatic heterocycles. The van der Waals surface area contributed by atoms with Gasteiger partial charge >= 0.3 is 0 Å². The van der Waals surface area contributed by atoms with Crippen molar-refractivity contribution in [2.75, 3.05) is 7.11 Å². The number of nitrogens with one attached hydrogen (secondary N) is 1. The lowest BCUT2D eigenvalue weighted by atomic mass is 9.98. The SMILES string of the molecule is COc1ccc(-c2n[nH]c3c2C(c2cccs2)N(C(C)(C)C)C3=O)cc1. The average molecular weight is 367 g/mol. The van der Waals surface area contributed by atoms with Crippen LogP contribution in [0.2, 0.25) is 0 Å². The van der Waals surface area contributed by atoms with E-state index < -0.39 is 0 Å². The van der Waals surface area contributed by atoms with E-state index in [1.54, 1.807) is 18.4 Å². The second-order valence-corrected chi connectivity index (χ2v) is 8.33. The Morgan fingerprint density at radius 2 is 1.92 bits per heavy atom. The smallest absolute Gasteiger partial charge is 0.273 e. The molecule has 6 heteroatoms. The van der Waals surface area contributed by atoms with Crippen LogP contribution in [0.5, 0.6) is 5.75 Å². The molecule has 0 saturated carbocycles. The second-order valence-electron chi connectivity index (χ2n) is 7.35. The minimum Gasteiger partial charge on any atom is -0.497 e. The fourth-order valence-corrected chi connectivity index (χ4v) is 4.35. The highest BCUT2D eigenvalue weighted by Gasteiger charge is 2.47. The number of hydrogen-bond acceptors (Lipinski definition) is 4. The van der Waals surface area contributed by atoms with E-state index in [0.717, 1.165) is 27.4 Å². The first kappa shape index (κ1) is 16.8. The van der Waals surface area contributed by atoms with E-state index in [4.69, 9.17) is 4.74 Å². The van der Waals surface area contributed by atoms with Crippen LogP contribution in [0.25, 0.3) is 11.3 Å². The Kier molecular flexibility index (Phi) is 3.88. The predicted molar refractivity (Wildman–Crippen MR) is 103 cm³/mol. The number of ether oxygens (including phenoxy) is 1. The summed E-state index contributed by atoms with van der Waals surface area (Å²) in [7, 11) is 1.65. The number of carbonyl (C=O) groups excluding carboxylic acids is 1. The third kappa shape index (κ3) is 2.52. The van der Waals surface area contributed by atoms with Crippen molar-refractivity contribution in [3.8, 4) is 17.0 Å². The molecular formula is C20H21N3O2S. The van der Waals surface area contributed by atoms with E-state index in [2.05, 4.69) is 37.0 Å². The highest BCUT2D eigenvalue weighted by molar-refractivity contribution is 7.10. The van der Waals surface area contributed by atoms with Gasteiger partial charge in [-0.1, -0.05) is 6.07 Å². The number of hydrogen-bond donors (Lipinski definition) is 1. The van der Waals surface area contributed by atoms with E-state index in [1.807, 2.05) is 40.6 Å². The Bertz CT molecular complexity index is 937. The molecular weight excluding hydrogens is 346 g/mol. The number of fused-ring (bicyclic) bond motifs is 1. The Morgan fingerprint density at radius 3 is 2.50 bits per heavy atom. The van der Waals surface area contributed by atoms with Gasteiger partial charge in [0.25, 0.3) is 5.91 Å². The highest BCUT2D eigenvalue weighted by Crippen LogP contribution is 2.47. The van der Waals surface area contributed by atoms with Crippen molar-refractivity contribution >= 4 is 17.2 Å². The van der Waals surface area contributed by atoms with Crippen molar-refractivity contribution in [1.82, 2.24) is 15.1 Å². The molecule has 1 aliphatic rings. The third-order valence-electron chi connectivity index (χ3n) is 4.67. The predicted octanol–water partition coefficient (Wildman–Crippen LogP) is 4.49. The molecule has 26 heavy (non-hydrogen) atoms. The normalized spacial score (nSPS) is 16.8. The maximum Gasteiger partial charge on any atom is 0.273 e. The Hall–Kier alpha value is -2.60. The number of nitrogens with zero attached hydrogens (tertiary/aromatic N) is 2. The van der Waals surface area contributed by atoms with Gasteiger partial charge in [-0.05, 0) is 56.5 Å². The number of H-pyrrole nitrogens is 1. The third-order valence-corrected chi connectivity index (χ3v) is 5.59. The number of carbonyl (C=O) groups is 1. The molecule has 1 aromatic carbocycles. The van der Waals surface area contributed by atoms with Crippen LogP contribution in [0.1, 0.15) is 47.7 Å². The van der Waals surface area contributed by atoms with Gasteiger partial charge < -0.3 is 9.64 Å². The number of benzene rings is 1. The number of aromatic nitrogens is 2. The molecule has 3 heterocycles. The molecule has 0 saturated heterocycles. The molecule has 0 fully saturated rings. The molecule has 0 spiro atoms. The zero-order valence-corrected chi connectivity index (χ0v) is 16.1. The van der Waals surface area contributed by atoms with Crippen LogP contribution in [-0.4, -0.2) is 33.7 Å². The van der Waals surface area contributed by atoms with Crippen molar-refractivity contribution < 1.29 is 9.53 Å². The van der Waals surface area contributed by atoms with Crippen LogP contribution in [0.15, 0.2) is 41.8 Å². The van der Waals surface area contributed by atoms with Gasteiger partial charge in [0.2, 0.25) is 0 Å². The Morgan fingerprint density at radius 1 is 1.19 bits per heavy atom. The summed E-state index contributed by atoms with van der Waals surface area (Å²) in [5.41, 5.74) is 3.03. The van der Waals surface area contributed by atoms with E-state index in [-0.39, 0.29) is 17.5 Å². The average Bonchev–Trinajstić information content (AvgIpc) is 3.31. The Labute approximate surface area is 156 Å². The minimum absolute atomic E-state index is 0.00170. The molecule has 1 amide bonds. The summed E-state index contributed by atoms with van der Waals surface area (Å²) in [6.45, 7) is 6.20. The van der Waals surface area contributed by atoms with Crippen molar-refractivity contribution in [2.24, 2.45) is 0 Å². The van der Waals surface area contributed by atoms with E-state index in [1.165, 1.54) is 0 Å². The molecule has 1 unspecified atom stereocenters. The zero-order valence-electron chi connectivity index (χ0n) is 15.2. The van der Waals surface area contributed by atoms with Crippen molar-refractivity contribution in [1.29, 1.82) is 0 Å². The van der Waals surface area contributed by atoms with Crippen molar-refractivity contribution in [3.05, 3.63) is 57.9 Å². The van der Waals surface area contributed by atoms with E-state index in [9.17, 15) is 4.79 Å². The number of thiophene rings is 1. The Balaban J connectivity index is 1.89. The summed E-state index contributed by atoms with van der Waals surface area (Å²) >= 11 is 1.66. The van der Waals surface area contributed by atoms with Crippen LogP contribution in [0, 0.1) is 0 Å². The minimum atomic E-state index is -0.303. The maximum atomic E-state index is 13.1. The molecule has 134 valence electrons. The molecule has 1 N–H and O–H groups in total. The van der Waals surface area contributed by atoms with Gasteiger partial charge in [0.15, 0.2) is 0 Å². The molecule has 4 rings (SSSR count). The van der Waals surface area contributed by atoms with E-state index in [0.29, 0.717) is 5.69 Å². The van der Waals surface area contributed by atoms with E-state index >= 15 is 0 Å². The lowest BCUT2D eigenvalue weighted by Crippen LogP contribution is -2.44. The van der Waals surface area contributed by atoms with Crippen molar-refractivity contribution in [2.45, 2.75) is 32.4 Å². The number of rotatable bonds is 3. The monoisotopic (exact) mass is 367 g/mol. The lowest BCUT2D eigenvalue weighted by Gasteiger charge is -2.37. The fourth-order valence-electron chi connectivity index (χ4n) is 3.52. The zero-order chi connectivity index (χ0) is 18.5. The molecule has 3 aromatic rings. The first-order chi connectivity index (χ1) is 12.4. The first-order valence-electron chi connectivity index (χ1n) is 8.51. The van der Waals surface area contributed by atoms with Crippen LogP contribution >= 0.6 is 11.3 Å². The molecule has 1 aliphatic heterocycles. The van der Waals surface area contributed by atoms with Gasteiger partial charge in [-0.3, -0.25) is 9.89 Å². The lowest BCUT2D eigenvalue weighted by molar-refractivity contribution is 0.0550. The summed E-state index contributed by atoms with van der Waals surface area (Å²) < 4.78 is 5.25. The topological polar surface area (TPSA) is 58.2 Å². The van der Waals surface area contributed by atoms with Gasteiger partial charge in [-0.25, -0.2) is 0 Å². The van der Waals surface area contributed by atoms with Gasteiger partial charge in [-0.15, -0.1) is 11.3 Å². The highest BCUT2D eigenvalue weighted by atomic mass is 32.1. The number of amides is 1. The van der Waals surface area contributed by atoms with Crippen LogP contribution in [0.3, 0.4) is 0 Å². The summed E-state index contributed by atoms with van der Waals surface area (Å²) in [6, 6.07) is 11.8. The first-order valence-corrected chi connectivity index (χ1v) is 9.39. The van der Waals surface area contributed by atoms with Gasteiger partial charge in [-0.2, -0.15) is 5.10 Å². The van der Waals surface area contributed by atoms with Gasteiger partial charge in [0.05, 0.1) is 18.8 Å². The largest absolute Gasteiger partial charge is 0.497 e. The second kappa shape index (κ2) is 5.99. The van der Waals surface area contributed by atoms with Crippen LogP contribution in [0.4, 0.5) is 0 Å². The summed E-state index contributed by atoms with van der Waals surface area (Å²) in [5.74, 6) is 0.793. The quantitative estimate of drug-likeness (QED) is 0.742. The van der Waals surface area contributed by atoms with Crippen LogP contribution < -0.4 is 4.74 Å². The molecule has 0 bridgehead atoms. The summed E-state index contributed by atoms with van der Waals surface area (Å²) in [6.07, 6.45) is 0. The molecule has 0 aliphatic carbocycles. The summed E-state index contributed by atoms with van der Waals surface area (Å²) in [5, 5.41) is 9.52.